The summed E-state index contributed by atoms with van der Waals surface area (Å²) in [5, 5.41) is 12.3. The maximum absolute atomic E-state index is 12.3. The highest BCUT2D eigenvalue weighted by Gasteiger charge is 2.25. The van der Waals surface area contributed by atoms with E-state index in [-0.39, 0.29) is 17.5 Å². The summed E-state index contributed by atoms with van der Waals surface area (Å²) in [4.78, 5) is 14.6. The summed E-state index contributed by atoms with van der Waals surface area (Å²) in [6.45, 7) is 7.30. The van der Waals surface area contributed by atoms with Crippen LogP contribution in [0.3, 0.4) is 0 Å². The second kappa shape index (κ2) is 8.66. The van der Waals surface area contributed by atoms with Crippen LogP contribution in [0, 0.1) is 25.2 Å². The molecular weight excluding hydrogens is 444 g/mol. The first-order valence-electron chi connectivity index (χ1n) is 10.2. The van der Waals surface area contributed by atoms with E-state index in [1.54, 1.807) is 6.08 Å². The Hall–Kier alpha value is -2.56. The fraction of sp³-hybridized carbons (Fsp3) is 0.391. The van der Waals surface area contributed by atoms with E-state index in [9.17, 15) is 10.1 Å². The van der Waals surface area contributed by atoms with Crippen molar-refractivity contribution < 1.29 is 9.53 Å². The smallest absolute Gasteiger partial charge is 0.262 e. The monoisotopic (exact) mass is 468 g/mol. The molecule has 0 radical (unpaired) electrons. The first-order valence-corrected chi connectivity index (χ1v) is 11.0. The van der Waals surface area contributed by atoms with Crippen molar-refractivity contribution in [2.24, 2.45) is 0 Å². The number of amides is 1. The molecule has 1 N–H and O–H groups in total. The number of halogens is 1. The maximum Gasteiger partial charge on any atom is 0.262 e. The number of carbonyl (C=O) groups excluding carboxylic acids is 1. The van der Waals surface area contributed by atoms with Crippen LogP contribution in [0.15, 0.2) is 34.3 Å². The van der Waals surface area contributed by atoms with Gasteiger partial charge in [0.25, 0.3) is 5.91 Å². The fourth-order valence-electron chi connectivity index (χ4n) is 3.82. The minimum Gasteiger partial charge on any atom is -0.378 e. The highest BCUT2D eigenvalue weighted by Crippen LogP contribution is 2.31. The van der Waals surface area contributed by atoms with Gasteiger partial charge in [-0.2, -0.15) is 5.26 Å². The Morgan fingerprint density at radius 3 is 2.63 bits per heavy atom. The average molecular weight is 469 g/mol. The number of nitrogens with one attached hydrogen (secondary N) is 1. The van der Waals surface area contributed by atoms with E-state index in [0.717, 1.165) is 71.9 Å². The summed E-state index contributed by atoms with van der Waals surface area (Å²) < 4.78 is 8.63. The average Bonchev–Trinajstić information content (AvgIpc) is 3.50. The molecule has 6 nitrogen and oxygen atoms in total. The second-order valence-corrected chi connectivity index (χ2v) is 8.67. The quantitative estimate of drug-likeness (QED) is 0.533. The summed E-state index contributed by atoms with van der Waals surface area (Å²) in [6.07, 6.45) is 3.68. The first kappa shape index (κ1) is 20.7. The molecule has 2 fully saturated rings. The zero-order valence-electron chi connectivity index (χ0n) is 17.2. The van der Waals surface area contributed by atoms with Crippen molar-refractivity contribution in [1.82, 2.24) is 9.88 Å². The molecule has 2 aliphatic rings. The van der Waals surface area contributed by atoms with Crippen LogP contribution in [0.2, 0.25) is 0 Å². The predicted molar refractivity (Wildman–Crippen MR) is 121 cm³/mol. The van der Waals surface area contributed by atoms with Crippen LogP contribution in [0.1, 0.15) is 29.8 Å². The third-order valence-corrected chi connectivity index (χ3v) is 6.22. The lowest BCUT2D eigenvalue weighted by atomic mass is 10.1. The number of carbonyl (C=O) groups is 1. The van der Waals surface area contributed by atoms with Crippen molar-refractivity contribution >= 4 is 33.6 Å². The molecule has 1 saturated carbocycles. The normalized spacial score (nSPS) is 17.0. The van der Waals surface area contributed by atoms with Gasteiger partial charge in [-0.1, -0.05) is 0 Å². The molecule has 0 atom stereocenters. The fourth-order valence-corrected chi connectivity index (χ4v) is 4.44. The van der Waals surface area contributed by atoms with E-state index in [1.807, 2.05) is 26.0 Å². The minimum atomic E-state index is -0.289. The van der Waals surface area contributed by atoms with Gasteiger partial charge in [0, 0.05) is 40.7 Å². The lowest BCUT2D eigenvalue weighted by Crippen LogP contribution is -2.36. The SMILES string of the molecule is Cc1cc(/C=C(\C#N)C(=O)NC2CC2)c(C)n1-c1ccc(N2CCOCC2)c(Br)c1. The van der Waals surface area contributed by atoms with Gasteiger partial charge in [-0.25, -0.2) is 0 Å². The number of anilines is 1. The first-order chi connectivity index (χ1) is 14.5. The molecule has 0 unspecified atom stereocenters. The largest absolute Gasteiger partial charge is 0.378 e. The van der Waals surface area contributed by atoms with E-state index < -0.39 is 0 Å². The number of rotatable bonds is 5. The van der Waals surface area contributed by atoms with Crippen LogP contribution in [0.4, 0.5) is 5.69 Å². The number of aryl methyl sites for hydroxylation is 1. The van der Waals surface area contributed by atoms with Gasteiger partial charge in [0.05, 0.1) is 18.9 Å². The van der Waals surface area contributed by atoms with Crippen LogP contribution in [0.5, 0.6) is 0 Å². The van der Waals surface area contributed by atoms with Crippen LogP contribution in [-0.4, -0.2) is 42.8 Å². The summed E-state index contributed by atoms with van der Waals surface area (Å²) in [5.74, 6) is -0.289. The molecule has 1 saturated heterocycles. The molecule has 0 spiro atoms. The lowest BCUT2D eigenvalue weighted by Gasteiger charge is -2.30. The van der Waals surface area contributed by atoms with Gasteiger partial charge >= 0.3 is 0 Å². The van der Waals surface area contributed by atoms with Crippen molar-refractivity contribution in [1.29, 1.82) is 5.26 Å². The zero-order chi connectivity index (χ0) is 21.3. The Balaban J connectivity index is 1.63. The molecule has 30 heavy (non-hydrogen) atoms. The summed E-state index contributed by atoms with van der Waals surface area (Å²) in [7, 11) is 0. The number of benzene rings is 1. The Bertz CT molecular complexity index is 1040. The lowest BCUT2D eigenvalue weighted by molar-refractivity contribution is -0.117. The molecule has 1 aliphatic carbocycles. The molecule has 7 heteroatoms. The Morgan fingerprint density at radius 1 is 1.27 bits per heavy atom. The summed E-state index contributed by atoms with van der Waals surface area (Å²) in [6, 6.07) is 10.6. The zero-order valence-corrected chi connectivity index (χ0v) is 18.8. The number of morpholine rings is 1. The van der Waals surface area contributed by atoms with E-state index >= 15 is 0 Å². The number of nitrogens with zero attached hydrogens (tertiary/aromatic N) is 3. The highest BCUT2D eigenvalue weighted by molar-refractivity contribution is 9.10. The van der Waals surface area contributed by atoms with Gasteiger partial charge in [0.15, 0.2) is 0 Å². The van der Waals surface area contributed by atoms with E-state index in [0.29, 0.717) is 0 Å². The van der Waals surface area contributed by atoms with Gasteiger partial charge in [0.2, 0.25) is 0 Å². The Morgan fingerprint density at radius 2 is 2.00 bits per heavy atom. The molecular formula is C23H25BrN4O2. The number of aromatic nitrogens is 1. The van der Waals surface area contributed by atoms with Gasteiger partial charge in [-0.05, 0) is 78.5 Å². The molecule has 4 rings (SSSR count). The molecule has 2 aromatic rings. The molecule has 156 valence electrons. The number of nitriles is 1. The van der Waals surface area contributed by atoms with Crippen molar-refractivity contribution in [2.75, 3.05) is 31.2 Å². The molecule has 2 heterocycles. The molecule has 1 aromatic carbocycles. The molecule has 1 amide bonds. The second-order valence-electron chi connectivity index (χ2n) is 7.81. The van der Waals surface area contributed by atoms with Gasteiger partial charge in [0.1, 0.15) is 11.6 Å². The van der Waals surface area contributed by atoms with Crippen molar-refractivity contribution in [3.05, 3.63) is 51.3 Å². The minimum absolute atomic E-state index is 0.144. The van der Waals surface area contributed by atoms with Gasteiger partial charge in [-0.15, -0.1) is 0 Å². The van der Waals surface area contributed by atoms with E-state index in [1.165, 1.54) is 0 Å². The highest BCUT2D eigenvalue weighted by atomic mass is 79.9. The number of ether oxygens (including phenoxy) is 1. The van der Waals surface area contributed by atoms with Crippen LogP contribution in [-0.2, 0) is 9.53 Å². The van der Waals surface area contributed by atoms with Crippen molar-refractivity contribution in [2.45, 2.75) is 32.7 Å². The summed E-state index contributed by atoms with van der Waals surface area (Å²) in [5.41, 5.74) is 5.26. The topological polar surface area (TPSA) is 70.3 Å². The third kappa shape index (κ3) is 4.30. The van der Waals surface area contributed by atoms with Crippen molar-refractivity contribution in [3.63, 3.8) is 0 Å². The van der Waals surface area contributed by atoms with Crippen LogP contribution in [0.25, 0.3) is 11.8 Å². The molecule has 0 bridgehead atoms. The Labute approximate surface area is 185 Å². The number of hydrogen-bond donors (Lipinski definition) is 1. The van der Waals surface area contributed by atoms with Crippen LogP contribution < -0.4 is 10.2 Å². The summed E-state index contributed by atoms with van der Waals surface area (Å²) >= 11 is 3.73. The predicted octanol–water partition coefficient (Wildman–Crippen LogP) is 3.88. The van der Waals surface area contributed by atoms with E-state index in [2.05, 4.69) is 48.9 Å². The Kier molecular flexibility index (Phi) is 5.98. The standard InChI is InChI=1S/C23H25BrN4O2/c1-15-11-17(12-18(14-25)23(29)26-19-3-4-19)16(2)28(15)20-5-6-22(21(24)13-20)27-7-9-30-10-8-27/h5-6,11-13,19H,3-4,7-10H2,1-2H3,(H,26,29)/b18-12+. The van der Waals surface area contributed by atoms with Gasteiger partial charge < -0.3 is 19.5 Å². The van der Waals surface area contributed by atoms with E-state index in [4.69, 9.17) is 4.74 Å². The molecule has 1 aromatic heterocycles. The van der Waals surface area contributed by atoms with Crippen molar-refractivity contribution in [3.8, 4) is 11.8 Å². The third-order valence-electron chi connectivity index (χ3n) is 5.59. The van der Waals surface area contributed by atoms with Gasteiger partial charge in [-0.3, -0.25) is 4.79 Å². The van der Waals surface area contributed by atoms with Crippen LogP contribution >= 0.6 is 15.9 Å². The molecule has 1 aliphatic heterocycles. The maximum atomic E-state index is 12.3. The number of hydrogen-bond acceptors (Lipinski definition) is 4.